The normalized spacial score (nSPS) is 20.4. The zero-order chi connectivity index (χ0) is 15.5. The number of nitrogens with zero attached hydrogens (tertiary/aromatic N) is 2. The molecule has 0 aliphatic carbocycles. The molecule has 1 saturated heterocycles. The highest BCUT2D eigenvalue weighted by molar-refractivity contribution is 5.68. The third-order valence-electron chi connectivity index (χ3n) is 3.46. The molecule has 2 rings (SSSR count). The average Bonchev–Trinajstić information content (AvgIpc) is 2.86. The molecule has 21 heavy (non-hydrogen) atoms. The van der Waals surface area contributed by atoms with E-state index < -0.39 is 5.60 Å². The minimum atomic E-state index is -0.441. The summed E-state index contributed by atoms with van der Waals surface area (Å²) in [5, 5.41) is 3.53. The second-order valence-corrected chi connectivity index (χ2v) is 6.55. The summed E-state index contributed by atoms with van der Waals surface area (Å²) in [6, 6.07) is 6.38. The first-order valence-corrected chi connectivity index (χ1v) is 7.50. The fraction of sp³-hybridized carbons (Fsp3) is 0.625. The summed E-state index contributed by atoms with van der Waals surface area (Å²) in [5.74, 6) is 0. The van der Waals surface area contributed by atoms with E-state index >= 15 is 0 Å². The summed E-state index contributed by atoms with van der Waals surface area (Å²) in [6.45, 7) is 9.19. The lowest BCUT2D eigenvalue weighted by Gasteiger charge is -2.25. The molecule has 116 valence electrons. The molecule has 0 aromatic carbocycles. The molecule has 5 heteroatoms. The fourth-order valence-electron chi connectivity index (χ4n) is 2.46. The number of carbonyl (C=O) groups is 1. The molecule has 0 unspecified atom stereocenters. The van der Waals surface area contributed by atoms with Crippen LogP contribution in [0.3, 0.4) is 0 Å². The molecule has 5 nitrogen and oxygen atoms in total. The molecule has 2 atom stereocenters. The third-order valence-corrected chi connectivity index (χ3v) is 3.46. The second-order valence-electron chi connectivity index (χ2n) is 6.55. The number of amides is 1. The van der Waals surface area contributed by atoms with Crippen molar-refractivity contribution in [1.82, 2.24) is 15.2 Å². The van der Waals surface area contributed by atoms with Gasteiger partial charge in [-0.2, -0.15) is 0 Å². The Morgan fingerprint density at radius 2 is 2.24 bits per heavy atom. The number of ether oxygens (including phenoxy) is 1. The minimum absolute atomic E-state index is 0.176. The number of carbonyl (C=O) groups excluding carboxylic acids is 1. The first kappa shape index (κ1) is 15.8. The van der Waals surface area contributed by atoms with Crippen LogP contribution in [0.2, 0.25) is 0 Å². The van der Waals surface area contributed by atoms with Gasteiger partial charge in [0.1, 0.15) is 5.60 Å². The highest BCUT2D eigenvalue weighted by atomic mass is 16.6. The topological polar surface area (TPSA) is 54.5 Å². The zero-order valence-electron chi connectivity index (χ0n) is 13.3. The highest BCUT2D eigenvalue weighted by Gasteiger charge is 2.30. The van der Waals surface area contributed by atoms with E-state index in [0.29, 0.717) is 6.54 Å². The van der Waals surface area contributed by atoms with E-state index in [-0.39, 0.29) is 18.2 Å². The Hall–Kier alpha value is -1.62. The van der Waals surface area contributed by atoms with Gasteiger partial charge in [-0.25, -0.2) is 4.79 Å². The summed E-state index contributed by atoms with van der Waals surface area (Å²) in [5.41, 5.74) is 0.581. The molecule has 1 aromatic heterocycles. The van der Waals surface area contributed by atoms with Gasteiger partial charge < -0.3 is 15.0 Å². The monoisotopic (exact) mass is 291 g/mol. The predicted octanol–water partition coefficient (Wildman–Crippen LogP) is 2.74. The van der Waals surface area contributed by atoms with E-state index in [9.17, 15) is 4.79 Å². The lowest BCUT2D eigenvalue weighted by atomic mass is 10.1. The fourth-order valence-corrected chi connectivity index (χ4v) is 2.46. The molecule has 0 bridgehead atoms. The van der Waals surface area contributed by atoms with Gasteiger partial charge in [-0.05, 0) is 46.2 Å². The van der Waals surface area contributed by atoms with Crippen LogP contribution in [-0.4, -0.2) is 40.7 Å². The number of hydrogen-bond donors (Lipinski definition) is 1. The number of likely N-dealkylation sites (tertiary alicyclic amines) is 1. The van der Waals surface area contributed by atoms with Gasteiger partial charge >= 0.3 is 6.09 Å². The summed E-state index contributed by atoms with van der Waals surface area (Å²) in [4.78, 5) is 18.2. The van der Waals surface area contributed by atoms with E-state index in [1.54, 1.807) is 11.1 Å². The van der Waals surface area contributed by atoms with Crippen molar-refractivity contribution in [3.8, 4) is 0 Å². The molecule has 1 aromatic rings. The van der Waals surface area contributed by atoms with Crippen molar-refractivity contribution in [3.05, 3.63) is 30.1 Å². The second kappa shape index (κ2) is 6.43. The van der Waals surface area contributed by atoms with Crippen molar-refractivity contribution >= 4 is 6.09 Å². The largest absolute Gasteiger partial charge is 0.444 e. The van der Waals surface area contributed by atoms with Gasteiger partial charge in [-0.1, -0.05) is 6.07 Å². The Morgan fingerprint density at radius 3 is 2.86 bits per heavy atom. The number of rotatable bonds is 3. The standard InChI is InChI=1S/C16H25N3O2/c1-12(14-7-5-6-9-17-14)18-13-8-10-19(11-13)15(20)21-16(2,3)4/h5-7,9,12-13,18H,8,10-11H2,1-4H3/t12-,13+/m0/s1. The SMILES string of the molecule is C[C@H](N[C@@H]1CCN(C(=O)OC(C)(C)C)C1)c1ccccn1. The van der Waals surface area contributed by atoms with E-state index in [1.807, 2.05) is 39.0 Å². The Balaban J connectivity index is 1.84. The van der Waals surface area contributed by atoms with Crippen molar-refractivity contribution in [2.45, 2.75) is 51.8 Å². The van der Waals surface area contributed by atoms with Gasteiger partial charge in [0.15, 0.2) is 0 Å². The van der Waals surface area contributed by atoms with E-state index in [0.717, 1.165) is 18.7 Å². The molecule has 1 aliphatic heterocycles. The van der Waals surface area contributed by atoms with Gasteiger partial charge in [0.05, 0.1) is 5.69 Å². The number of pyridine rings is 1. The van der Waals surface area contributed by atoms with Crippen LogP contribution in [0.25, 0.3) is 0 Å². The van der Waals surface area contributed by atoms with E-state index in [2.05, 4.69) is 17.2 Å². The predicted molar refractivity (Wildman–Crippen MR) is 82.0 cm³/mol. The zero-order valence-corrected chi connectivity index (χ0v) is 13.3. The lowest BCUT2D eigenvalue weighted by Crippen LogP contribution is -2.39. The average molecular weight is 291 g/mol. The summed E-state index contributed by atoms with van der Waals surface area (Å²) < 4.78 is 5.41. The number of hydrogen-bond acceptors (Lipinski definition) is 4. The van der Waals surface area contributed by atoms with Crippen LogP contribution in [0.15, 0.2) is 24.4 Å². The van der Waals surface area contributed by atoms with Crippen molar-refractivity contribution in [1.29, 1.82) is 0 Å². The number of aromatic nitrogens is 1. The molecule has 0 radical (unpaired) electrons. The molecule has 1 amide bonds. The van der Waals surface area contributed by atoms with Gasteiger partial charge in [0.25, 0.3) is 0 Å². The molecule has 1 aliphatic rings. The number of nitrogens with one attached hydrogen (secondary N) is 1. The Kier molecular flexibility index (Phi) is 4.83. The third kappa shape index (κ3) is 4.70. The van der Waals surface area contributed by atoms with Crippen LogP contribution >= 0.6 is 0 Å². The smallest absolute Gasteiger partial charge is 0.410 e. The van der Waals surface area contributed by atoms with E-state index in [4.69, 9.17) is 4.74 Å². The minimum Gasteiger partial charge on any atom is -0.444 e. The molecular weight excluding hydrogens is 266 g/mol. The Morgan fingerprint density at radius 1 is 1.48 bits per heavy atom. The molecule has 0 spiro atoms. The van der Waals surface area contributed by atoms with Crippen molar-refractivity contribution in [2.24, 2.45) is 0 Å². The maximum atomic E-state index is 12.0. The van der Waals surface area contributed by atoms with Crippen LogP contribution in [0.4, 0.5) is 4.79 Å². The molecule has 1 fully saturated rings. The quantitative estimate of drug-likeness (QED) is 0.930. The van der Waals surface area contributed by atoms with Gasteiger partial charge in [0.2, 0.25) is 0 Å². The first-order valence-electron chi connectivity index (χ1n) is 7.50. The van der Waals surface area contributed by atoms with Crippen molar-refractivity contribution in [2.75, 3.05) is 13.1 Å². The van der Waals surface area contributed by atoms with E-state index in [1.165, 1.54) is 0 Å². The van der Waals surface area contributed by atoms with Gasteiger partial charge in [-0.15, -0.1) is 0 Å². The first-order chi connectivity index (χ1) is 9.85. The van der Waals surface area contributed by atoms with Crippen LogP contribution in [0, 0.1) is 0 Å². The molecule has 0 saturated carbocycles. The summed E-state index contributed by atoms with van der Waals surface area (Å²) in [7, 11) is 0. The molecule has 1 N–H and O–H groups in total. The van der Waals surface area contributed by atoms with Gasteiger partial charge in [0, 0.05) is 31.4 Å². The highest BCUT2D eigenvalue weighted by Crippen LogP contribution is 2.18. The maximum absolute atomic E-state index is 12.0. The maximum Gasteiger partial charge on any atom is 0.410 e. The van der Waals surface area contributed by atoms with Crippen LogP contribution in [0.1, 0.15) is 45.9 Å². The summed E-state index contributed by atoms with van der Waals surface area (Å²) in [6.07, 6.45) is 2.52. The van der Waals surface area contributed by atoms with Crippen LogP contribution < -0.4 is 5.32 Å². The summed E-state index contributed by atoms with van der Waals surface area (Å²) >= 11 is 0. The van der Waals surface area contributed by atoms with Crippen molar-refractivity contribution < 1.29 is 9.53 Å². The Labute approximate surface area is 126 Å². The van der Waals surface area contributed by atoms with Gasteiger partial charge in [-0.3, -0.25) is 4.98 Å². The van der Waals surface area contributed by atoms with Crippen LogP contribution in [0.5, 0.6) is 0 Å². The van der Waals surface area contributed by atoms with Crippen molar-refractivity contribution in [3.63, 3.8) is 0 Å². The molecular formula is C16H25N3O2. The molecule has 2 heterocycles. The van der Waals surface area contributed by atoms with Crippen LogP contribution in [-0.2, 0) is 4.74 Å². The Bertz CT molecular complexity index is 470. The lowest BCUT2D eigenvalue weighted by molar-refractivity contribution is 0.0290.